The smallest absolute Gasteiger partial charge is 0.338 e. The second kappa shape index (κ2) is 7.86. The number of esters is 1. The molecule has 7 nitrogen and oxygen atoms in total. The number of methoxy groups -OCH3 is 1. The molecule has 0 saturated heterocycles. The fourth-order valence-electron chi connectivity index (χ4n) is 2.83. The Bertz CT molecular complexity index is 999. The fourth-order valence-corrected chi connectivity index (χ4v) is 2.83. The Hall–Kier alpha value is -3.42. The molecule has 0 fully saturated rings. The number of nitrogens with one attached hydrogen (secondary N) is 1. The van der Waals surface area contributed by atoms with Gasteiger partial charge in [-0.25, -0.2) is 9.18 Å². The number of halogens is 1. The molecule has 2 aromatic carbocycles. The molecular formula is C19H17FN2O5. The Morgan fingerprint density at radius 3 is 2.81 bits per heavy atom. The van der Waals surface area contributed by atoms with Gasteiger partial charge in [-0.1, -0.05) is 0 Å². The number of hydrogen-bond acceptors (Lipinski definition) is 5. The summed E-state index contributed by atoms with van der Waals surface area (Å²) in [4.78, 5) is 25.6. The van der Waals surface area contributed by atoms with Gasteiger partial charge < -0.3 is 14.5 Å². The number of aromatic nitrogens is 1. The van der Waals surface area contributed by atoms with Crippen LogP contribution < -0.4 is 4.74 Å². The van der Waals surface area contributed by atoms with E-state index in [0.29, 0.717) is 12.8 Å². The van der Waals surface area contributed by atoms with Gasteiger partial charge in [-0.3, -0.25) is 10.1 Å². The number of carbonyl (C=O) groups excluding carboxylic acids is 1. The molecule has 8 heteroatoms. The highest BCUT2D eigenvalue weighted by molar-refractivity contribution is 5.90. The minimum atomic E-state index is -0.647. The first-order valence-electron chi connectivity index (χ1n) is 8.24. The Labute approximate surface area is 153 Å². The zero-order chi connectivity index (χ0) is 19.4. The number of nitro groups is 1. The summed E-state index contributed by atoms with van der Waals surface area (Å²) in [5.74, 6) is -0.885. The Balaban J connectivity index is 1.59. The number of aromatic amines is 1. The maximum atomic E-state index is 13.4. The lowest BCUT2D eigenvalue weighted by Gasteiger charge is -2.06. The quantitative estimate of drug-likeness (QED) is 0.293. The molecule has 0 amide bonds. The third-order valence-corrected chi connectivity index (χ3v) is 4.16. The van der Waals surface area contributed by atoms with E-state index < -0.39 is 10.9 Å². The molecule has 140 valence electrons. The van der Waals surface area contributed by atoms with Gasteiger partial charge in [-0.15, -0.1) is 0 Å². The van der Waals surface area contributed by atoms with Gasteiger partial charge in [0.2, 0.25) is 0 Å². The summed E-state index contributed by atoms with van der Waals surface area (Å²) in [5.41, 5.74) is 1.55. The van der Waals surface area contributed by atoms with Crippen molar-refractivity contribution in [2.24, 2.45) is 0 Å². The Kier molecular flexibility index (Phi) is 5.35. The molecule has 3 rings (SSSR count). The molecule has 0 saturated carbocycles. The predicted molar refractivity (Wildman–Crippen MR) is 96.5 cm³/mol. The van der Waals surface area contributed by atoms with Crippen LogP contribution in [0.4, 0.5) is 10.1 Å². The average Bonchev–Trinajstić information content (AvgIpc) is 3.06. The number of rotatable bonds is 7. The molecule has 1 heterocycles. The minimum Gasteiger partial charge on any atom is -0.490 e. The first kappa shape index (κ1) is 18.4. The number of H-pyrrole nitrogens is 1. The van der Waals surface area contributed by atoms with Gasteiger partial charge in [0.25, 0.3) is 0 Å². The maximum absolute atomic E-state index is 13.4. The number of ether oxygens (including phenoxy) is 2. The van der Waals surface area contributed by atoms with Crippen molar-refractivity contribution in [2.45, 2.75) is 12.8 Å². The Morgan fingerprint density at radius 1 is 1.26 bits per heavy atom. The first-order valence-corrected chi connectivity index (χ1v) is 8.24. The second-order valence-corrected chi connectivity index (χ2v) is 5.89. The highest BCUT2D eigenvalue weighted by Crippen LogP contribution is 2.28. The molecule has 0 spiro atoms. The number of nitrogens with zero attached hydrogens (tertiary/aromatic N) is 1. The number of aryl methyl sites for hydroxylation is 1. The molecule has 27 heavy (non-hydrogen) atoms. The van der Waals surface area contributed by atoms with Crippen molar-refractivity contribution in [3.05, 3.63) is 69.7 Å². The lowest BCUT2D eigenvalue weighted by atomic mass is 10.1. The SMILES string of the molecule is COc1ccc(C(=O)OCCCc2c[nH]c3ccc(F)cc23)cc1[N+](=O)[O-]. The number of carbonyl (C=O) groups is 1. The zero-order valence-corrected chi connectivity index (χ0v) is 14.5. The van der Waals surface area contributed by atoms with Gasteiger partial charge in [0.05, 0.1) is 24.2 Å². The normalized spacial score (nSPS) is 10.7. The van der Waals surface area contributed by atoms with Crippen molar-refractivity contribution in [1.82, 2.24) is 4.98 Å². The van der Waals surface area contributed by atoms with E-state index >= 15 is 0 Å². The van der Waals surface area contributed by atoms with Crippen LogP contribution in [0.25, 0.3) is 10.9 Å². The Morgan fingerprint density at radius 2 is 2.07 bits per heavy atom. The lowest BCUT2D eigenvalue weighted by Crippen LogP contribution is -2.08. The van der Waals surface area contributed by atoms with Crippen LogP contribution in [0.2, 0.25) is 0 Å². The third-order valence-electron chi connectivity index (χ3n) is 4.16. The van der Waals surface area contributed by atoms with Crippen LogP contribution in [0.3, 0.4) is 0 Å². The van der Waals surface area contributed by atoms with Gasteiger partial charge in [0.1, 0.15) is 5.82 Å². The zero-order valence-electron chi connectivity index (χ0n) is 14.5. The molecule has 0 aliphatic carbocycles. The van der Waals surface area contributed by atoms with E-state index in [2.05, 4.69) is 4.98 Å². The van der Waals surface area contributed by atoms with Gasteiger partial charge in [0, 0.05) is 23.2 Å². The van der Waals surface area contributed by atoms with Crippen LogP contribution in [0.5, 0.6) is 5.75 Å². The standard InChI is InChI=1S/C19H17FN2O5/c1-26-18-7-4-12(9-17(18)22(24)25)19(23)27-8-2-3-13-11-21-16-6-5-14(20)10-15(13)16/h4-7,9-11,21H,2-3,8H2,1H3. The molecule has 0 aliphatic heterocycles. The van der Waals surface area contributed by atoms with E-state index in [4.69, 9.17) is 9.47 Å². The lowest BCUT2D eigenvalue weighted by molar-refractivity contribution is -0.385. The summed E-state index contributed by atoms with van der Waals surface area (Å²) in [6.07, 6.45) is 2.94. The molecule has 0 radical (unpaired) electrons. The van der Waals surface area contributed by atoms with Crippen LogP contribution in [-0.2, 0) is 11.2 Å². The molecule has 0 bridgehead atoms. The first-order chi connectivity index (χ1) is 13.0. The molecule has 3 aromatic rings. The summed E-state index contributed by atoms with van der Waals surface area (Å²) in [6, 6.07) is 8.42. The summed E-state index contributed by atoms with van der Waals surface area (Å²) in [7, 11) is 1.32. The van der Waals surface area contributed by atoms with Crippen LogP contribution in [0.1, 0.15) is 22.3 Å². The van der Waals surface area contributed by atoms with Crippen molar-refractivity contribution in [2.75, 3.05) is 13.7 Å². The monoisotopic (exact) mass is 372 g/mol. The summed E-state index contributed by atoms with van der Waals surface area (Å²) < 4.78 is 23.5. The van der Waals surface area contributed by atoms with E-state index in [1.807, 2.05) is 0 Å². The highest BCUT2D eigenvalue weighted by Gasteiger charge is 2.18. The summed E-state index contributed by atoms with van der Waals surface area (Å²) >= 11 is 0. The average molecular weight is 372 g/mol. The van der Waals surface area contributed by atoms with Crippen molar-refractivity contribution >= 4 is 22.6 Å². The molecule has 0 unspecified atom stereocenters. The molecule has 0 atom stereocenters. The molecule has 1 aromatic heterocycles. The minimum absolute atomic E-state index is 0.0723. The van der Waals surface area contributed by atoms with Crippen molar-refractivity contribution < 1.29 is 23.6 Å². The highest BCUT2D eigenvalue weighted by atomic mass is 19.1. The van der Waals surface area contributed by atoms with E-state index in [9.17, 15) is 19.3 Å². The van der Waals surface area contributed by atoms with E-state index in [1.165, 1.54) is 31.4 Å². The number of nitro benzene ring substituents is 1. The number of benzene rings is 2. The topological polar surface area (TPSA) is 94.5 Å². The van der Waals surface area contributed by atoms with Crippen LogP contribution in [0, 0.1) is 15.9 Å². The molecule has 0 aliphatic rings. The number of hydrogen-bond donors (Lipinski definition) is 1. The van der Waals surface area contributed by atoms with Gasteiger partial charge in [-0.05, 0) is 48.7 Å². The summed E-state index contributed by atoms with van der Waals surface area (Å²) in [5, 5.41) is 11.8. The maximum Gasteiger partial charge on any atom is 0.338 e. The molecule has 1 N–H and O–H groups in total. The van der Waals surface area contributed by atoms with Crippen molar-refractivity contribution in [3.8, 4) is 5.75 Å². The summed E-state index contributed by atoms with van der Waals surface area (Å²) in [6.45, 7) is 0.140. The van der Waals surface area contributed by atoms with Gasteiger partial charge in [-0.2, -0.15) is 0 Å². The van der Waals surface area contributed by atoms with E-state index in [1.54, 1.807) is 12.3 Å². The van der Waals surface area contributed by atoms with E-state index in [0.717, 1.165) is 22.5 Å². The van der Waals surface area contributed by atoms with Crippen molar-refractivity contribution in [3.63, 3.8) is 0 Å². The van der Waals surface area contributed by atoms with Gasteiger partial charge >= 0.3 is 11.7 Å². The van der Waals surface area contributed by atoms with Crippen LogP contribution >= 0.6 is 0 Å². The molecular weight excluding hydrogens is 355 g/mol. The largest absolute Gasteiger partial charge is 0.490 e. The second-order valence-electron chi connectivity index (χ2n) is 5.89. The third kappa shape index (κ3) is 4.05. The van der Waals surface area contributed by atoms with Gasteiger partial charge in [0.15, 0.2) is 5.75 Å². The fraction of sp³-hybridized carbons (Fsp3) is 0.211. The van der Waals surface area contributed by atoms with Crippen LogP contribution in [-0.4, -0.2) is 29.6 Å². The van der Waals surface area contributed by atoms with Crippen molar-refractivity contribution in [1.29, 1.82) is 0 Å². The van der Waals surface area contributed by atoms with E-state index in [-0.39, 0.29) is 29.4 Å². The van der Waals surface area contributed by atoms with Crippen LogP contribution in [0.15, 0.2) is 42.6 Å². The predicted octanol–water partition coefficient (Wildman–Crippen LogP) is 4.01. The number of fused-ring (bicyclic) bond motifs is 1.